The molecule has 3 nitrogen and oxygen atoms in total. The number of ether oxygens (including phenoxy) is 1. The molecule has 120 valence electrons. The number of nitrogens with zero attached hydrogens (tertiary/aromatic N) is 2. The first-order chi connectivity index (χ1) is 10.1. The minimum absolute atomic E-state index is 0.215. The highest BCUT2D eigenvalue weighted by atomic mass is 28.3. The van der Waals surface area contributed by atoms with Crippen molar-refractivity contribution < 1.29 is 4.74 Å². The van der Waals surface area contributed by atoms with E-state index in [2.05, 4.69) is 61.8 Å². The van der Waals surface area contributed by atoms with Gasteiger partial charge in [-0.3, -0.25) is 4.90 Å². The molecule has 2 rings (SSSR count). The van der Waals surface area contributed by atoms with E-state index in [9.17, 15) is 0 Å². The summed E-state index contributed by atoms with van der Waals surface area (Å²) in [5, 5.41) is 0. The van der Waals surface area contributed by atoms with Crippen molar-refractivity contribution in [3.63, 3.8) is 0 Å². The smallest absolute Gasteiger partial charge is 0.138 e. The fraction of sp³-hybridized carbons (Fsp3) is 0.611. The zero-order valence-corrected chi connectivity index (χ0v) is 15.7. The predicted octanol–water partition coefficient (Wildman–Crippen LogP) is 3.56. The van der Waals surface area contributed by atoms with Crippen LogP contribution in [0.1, 0.15) is 32.9 Å². The van der Waals surface area contributed by atoms with Gasteiger partial charge >= 0.3 is 0 Å². The van der Waals surface area contributed by atoms with Crippen molar-refractivity contribution in [1.82, 2.24) is 9.88 Å². The van der Waals surface area contributed by atoms with Gasteiger partial charge in [0.05, 0.1) is 6.20 Å². The van der Waals surface area contributed by atoms with Gasteiger partial charge in [0.2, 0.25) is 0 Å². The Bertz CT molecular complexity index is 558. The Balaban J connectivity index is 1.94. The Morgan fingerprint density at radius 3 is 2.50 bits per heavy atom. The summed E-state index contributed by atoms with van der Waals surface area (Å²) in [7, 11) is -1.35. The van der Waals surface area contributed by atoms with Crippen LogP contribution in [0.2, 0.25) is 19.6 Å². The van der Waals surface area contributed by atoms with Crippen LogP contribution in [0.4, 0.5) is 0 Å². The van der Waals surface area contributed by atoms with Crippen molar-refractivity contribution >= 4 is 8.07 Å². The molecule has 4 heteroatoms. The number of likely N-dealkylation sites (tertiary alicyclic amines) is 1. The Kier molecular flexibility index (Phi) is 4.99. The van der Waals surface area contributed by atoms with Crippen LogP contribution in [0, 0.1) is 11.5 Å². The number of aromatic nitrogens is 1. The van der Waals surface area contributed by atoms with E-state index in [-0.39, 0.29) is 11.6 Å². The van der Waals surface area contributed by atoms with Crippen molar-refractivity contribution in [3.05, 3.63) is 24.0 Å². The van der Waals surface area contributed by atoms with Gasteiger partial charge in [-0.1, -0.05) is 25.6 Å². The predicted molar refractivity (Wildman–Crippen MR) is 94.8 cm³/mol. The van der Waals surface area contributed by atoms with E-state index in [1.54, 1.807) is 6.20 Å². The van der Waals surface area contributed by atoms with Crippen LogP contribution >= 0.6 is 0 Å². The minimum Gasteiger partial charge on any atom is -0.487 e. The summed E-state index contributed by atoms with van der Waals surface area (Å²) in [5.41, 5.74) is 4.38. The molecule has 0 radical (unpaired) electrons. The van der Waals surface area contributed by atoms with Crippen molar-refractivity contribution in [2.45, 2.75) is 58.5 Å². The van der Waals surface area contributed by atoms with Crippen molar-refractivity contribution in [2.24, 2.45) is 0 Å². The molecular formula is C18H28N2OSi. The second kappa shape index (κ2) is 6.43. The summed E-state index contributed by atoms with van der Waals surface area (Å²) in [6, 6.07) is 3.94. The molecule has 22 heavy (non-hydrogen) atoms. The highest BCUT2D eigenvalue weighted by molar-refractivity contribution is 6.83. The summed E-state index contributed by atoms with van der Waals surface area (Å²) < 4.78 is 6.06. The molecule has 1 aliphatic rings. The summed E-state index contributed by atoms with van der Waals surface area (Å²) >= 11 is 0. The first-order valence-corrected chi connectivity index (χ1v) is 11.5. The number of pyridine rings is 1. The molecule has 0 bridgehead atoms. The first kappa shape index (κ1) is 17.0. The van der Waals surface area contributed by atoms with Gasteiger partial charge < -0.3 is 4.74 Å². The number of hydrogen-bond acceptors (Lipinski definition) is 3. The van der Waals surface area contributed by atoms with E-state index in [4.69, 9.17) is 4.74 Å². The van der Waals surface area contributed by atoms with Crippen LogP contribution in [0.25, 0.3) is 0 Å². The molecular weight excluding hydrogens is 288 g/mol. The van der Waals surface area contributed by atoms with Gasteiger partial charge in [-0.25, -0.2) is 4.98 Å². The molecule has 1 aromatic rings. The van der Waals surface area contributed by atoms with Gasteiger partial charge in [-0.15, -0.1) is 5.54 Å². The molecule has 2 heterocycles. The van der Waals surface area contributed by atoms with Crippen LogP contribution in [-0.2, 0) is 0 Å². The molecule has 0 N–H and O–H groups in total. The highest BCUT2D eigenvalue weighted by Crippen LogP contribution is 2.23. The molecule has 1 aliphatic heterocycles. The second-order valence-corrected chi connectivity index (χ2v) is 12.8. The van der Waals surface area contributed by atoms with Crippen LogP contribution < -0.4 is 4.74 Å². The maximum atomic E-state index is 6.06. The standard InChI is InChI=1S/C18H28N2OSi/c1-18(2,3)20-11-9-17(14-20)21-16-8-7-15(19-13-16)10-12-22(4,5)6/h7-8,13,17H,9,11,14H2,1-6H3. The normalized spacial score (nSPS) is 19.6. The fourth-order valence-corrected chi connectivity index (χ4v) is 2.90. The molecule has 1 atom stereocenters. The van der Waals surface area contributed by atoms with Crippen molar-refractivity contribution in [3.8, 4) is 17.2 Å². The third-order valence-electron chi connectivity index (χ3n) is 3.70. The lowest BCUT2D eigenvalue weighted by Gasteiger charge is -2.31. The lowest BCUT2D eigenvalue weighted by atomic mass is 10.1. The van der Waals surface area contributed by atoms with E-state index >= 15 is 0 Å². The van der Waals surface area contributed by atoms with Gasteiger partial charge in [0.25, 0.3) is 0 Å². The maximum Gasteiger partial charge on any atom is 0.138 e. The lowest BCUT2D eigenvalue weighted by molar-refractivity contribution is 0.140. The second-order valence-electron chi connectivity index (χ2n) is 8.02. The molecule has 1 saturated heterocycles. The van der Waals surface area contributed by atoms with E-state index in [0.717, 1.165) is 31.0 Å². The SMILES string of the molecule is CC(C)(C)N1CCC(Oc2ccc(C#C[Si](C)(C)C)nc2)C1. The molecule has 0 aromatic carbocycles. The quantitative estimate of drug-likeness (QED) is 0.616. The van der Waals surface area contributed by atoms with Gasteiger partial charge in [-0.2, -0.15) is 0 Å². The minimum atomic E-state index is -1.35. The third-order valence-corrected chi connectivity index (χ3v) is 4.57. The molecule has 0 spiro atoms. The van der Waals surface area contributed by atoms with E-state index in [1.165, 1.54) is 0 Å². The Morgan fingerprint density at radius 1 is 1.27 bits per heavy atom. The Morgan fingerprint density at radius 2 is 2.00 bits per heavy atom. The average molecular weight is 317 g/mol. The zero-order chi connectivity index (χ0) is 16.4. The van der Waals surface area contributed by atoms with E-state index in [1.807, 2.05) is 12.1 Å². The third kappa shape index (κ3) is 5.15. The van der Waals surface area contributed by atoms with E-state index < -0.39 is 8.07 Å². The molecule has 0 saturated carbocycles. The lowest BCUT2D eigenvalue weighted by Crippen LogP contribution is -2.40. The zero-order valence-electron chi connectivity index (χ0n) is 14.7. The van der Waals surface area contributed by atoms with Crippen molar-refractivity contribution in [1.29, 1.82) is 0 Å². The van der Waals surface area contributed by atoms with Crippen LogP contribution in [0.3, 0.4) is 0 Å². The van der Waals surface area contributed by atoms with Crippen LogP contribution in [0.15, 0.2) is 18.3 Å². The summed E-state index contributed by atoms with van der Waals surface area (Å²) in [4.78, 5) is 6.87. The Labute approximate surface area is 136 Å². The summed E-state index contributed by atoms with van der Waals surface area (Å²) in [6.45, 7) is 15.5. The van der Waals surface area contributed by atoms with Gasteiger partial charge in [0.15, 0.2) is 0 Å². The van der Waals surface area contributed by atoms with Crippen LogP contribution in [0.5, 0.6) is 5.75 Å². The van der Waals surface area contributed by atoms with Crippen molar-refractivity contribution in [2.75, 3.05) is 13.1 Å². The van der Waals surface area contributed by atoms with Gasteiger partial charge in [-0.05, 0) is 39.3 Å². The highest BCUT2D eigenvalue weighted by Gasteiger charge is 2.31. The molecule has 1 unspecified atom stereocenters. The maximum absolute atomic E-state index is 6.06. The average Bonchev–Trinajstić information content (AvgIpc) is 2.85. The van der Waals surface area contributed by atoms with E-state index in [0.29, 0.717) is 0 Å². The Hall–Kier alpha value is -1.31. The largest absolute Gasteiger partial charge is 0.487 e. The molecule has 1 aromatic heterocycles. The molecule has 0 aliphatic carbocycles. The summed E-state index contributed by atoms with van der Waals surface area (Å²) in [5.74, 6) is 4.02. The van der Waals surface area contributed by atoms with Gasteiger partial charge in [0, 0.05) is 18.6 Å². The molecule has 1 fully saturated rings. The first-order valence-electron chi connectivity index (χ1n) is 8.04. The summed E-state index contributed by atoms with van der Waals surface area (Å²) in [6.07, 6.45) is 3.14. The number of hydrogen-bond donors (Lipinski definition) is 0. The number of rotatable bonds is 2. The topological polar surface area (TPSA) is 25.4 Å². The van der Waals surface area contributed by atoms with Gasteiger partial charge in [0.1, 0.15) is 25.6 Å². The molecule has 0 amide bonds. The monoisotopic (exact) mass is 316 g/mol. The fourth-order valence-electron chi connectivity index (χ4n) is 2.40. The van der Waals surface area contributed by atoms with Crippen LogP contribution in [-0.4, -0.2) is 42.7 Å².